The van der Waals surface area contributed by atoms with E-state index in [0.29, 0.717) is 11.8 Å². The lowest BCUT2D eigenvalue weighted by Crippen LogP contribution is -2.22. The van der Waals surface area contributed by atoms with Crippen molar-refractivity contribution in [1.82, 2.24) is 19.7 Å². The summed E-state index contributed by atoms with van der Waals surface area (Å²) in [6.45, 7) is 9.14. The van der Waals surface area contributed by atoms with Crippen molar-refractivity contribution >= 4 is 0 Å². The molecular formula is C21H30N4O. The number of ether oxygens (including phenoxy) is 1. The van der Waals surface area contributed by atoms with Gasteiger partial charge in [-0.15, -0.1) is 0 Å². The molecule has 0 spiro atoms. The van der Waals surface area contributed by atoms with Gasteiger partial charge in [-0.3, -0.25) is 14.6 Å². The van der Waals surface area contributed by atoms with E-state index in [1.54, 1.807) is 0 Å². The monoisotopic (exact) mass is 354 g/mol. The minimum atomic E-state index is 0.452. The molecule has 2 aliphatic rings. The molecule has 2 aromatic rings. The fourth-order valence-corrected chi connectivity index (χ4v) is 4.13. The molecule has 2 aromatic heterocycles. The van der Waals surface area contributed by atoms with Gasteiger partial charge in [0.1, 0.15) is 0 Å². The molecule has 26 heavy (non-hydrogen) atoms. The predicted octanol–water partition coefficient (Wildman–Crippen LogP) is 3.07. The molecule has 0 aromatic carbocycles. The molecule has 2 unspecified atom stereocenters. The molecule has 0 N–H and O–H groups in total. The van der Waals surface area contributed by atoms with E-state index >= 15 is 0 Å². The van der Waals surface area contributed by atoms with Crippen LogP contribution in [0.1, 0.15) is 41.4 Å². The molecule has 4 rings (SSSR count). The summed E-state index contributed by atoms with van der Waals surface area (Å²) in [5.41, 5.74) is 4.99. The summed E-state index contributed by atoms with van der Waals surface area (Å²) in [6, 6.07) is 6.27. The van der Waals surface area contributed by atoms with Crippen LogP contribution in [0, 0.1) is 25.7 Å². The van der Waals surface area contributed by atoms with Crippen molar-refractivity contribution in [3.8, 4) is 0 Å². The summed E-state index contributed by atoms with van der Waals surface area (Å²) in [6.07, 6.45) is 4.61. The van der Waals surface area contributed by atoms with Crippen molar-refractivity contribution < 1.29 is 4.74 Å². The van der Waals surface area contributed by atoms with Crippen molar-refractivity contribution in [3.05, 3.63) is 47.0 Å². The molecule has 0 amide bonds. The zero-order valence-electron chi connectivity index (χ0n) is 16.2. The Morgan fingerprint density at radius 1 is 1.15 bits per heavy atom. The number of aryl methyl sites for hydroxylation is 2. The highest BCUT2D eigenvalue weighted by Crippen LogP contribution is 2.34. The molecular weight excluding hydrogens is 324 g/mol. The Morgan fingerprint density at radius 3 is 2.65 bits per heavy atom. The highest BCUT2D eigenvalue weighted by atomic mass is 16.5. The van der Waals surface area contributed by atoms with E-state index in [2.05, 4.69) is 41.0 Å². The Bertz CT molecular complexity index is 738. The first kappa shape index (κ1) is 17.7. The third kappa shape index (κ3) is 3.84. The normalized spacial score (nSPS) is 23.7. The Kier molecular flexibility index (Phi) is 5.09. The third-order valence-electron chi connectivity index (χ3n) is 6.01. The first-order valence-electron chi connectivity index (χ1n) is 9.82. The van der Waals surface area contributed by atoms with E-state index < -0.39 is 0 Å². The van der Waals surface area contributed by atoms with Crippen LogP contribution in [-0.4, -0.2) is 46.0 Å². The molecule has 1 saturated heterocycles. The number of rotatable bonds is 7. The average molecular weight is 354 g/mol. The van der Waals surface area contributed by atoms with E-state index in [1.807, 2.05) is 24.0 Å². The Hall–Kier alpha value is -1.72. The quantitative estimate of drug-likeness (QED) is 0.766. The van der Waals surface area contributed by atoms with Crippen molar-refractivity contribution in [2.24, 2.45) is 18.9 Å². The molecule has 0 radical (unpaired) electrons. The van der Waals surface area contributed by atoms with Gasteiger partial charge in [0.25, 0.3) is 0 Å². The molecule has 3 heterocycles. The number of hydrogen-bond donors (Lipinski definition) is 0. The van der Waals surface area contributed by atoms with Gasteiger partial charge in [0.15, 0.2) is 0 Å². The van der Waals surface area contributed by atoms with Crippen LogP contribution in [-0.2, 0) is 18.3 Å². The lowest BCUT2D eigenvalue weighted by atomic mass is 9.93. The standard InChI is InChI=1S/C21H30N4O/c1-15-19(16(2)24(3)23-15)11-25-10-18(14-26-13-17-7-8-17)20(12-25)21-6-4-5-9-22-21/h4-6,9,17-18,20H,7-8,10-14H2,1-3H3. The zero-order valence-corrected chi connectivity index (χ0v) is 16.2. The molecule has 1 aliphatic carbocycles. The van der Waals surface area contributed by atoms with Crippen molar-refractivity contribution in [3.63, 3.8) is 0 Å². The smallest absolute Gasteiger partial charge is 0.0641 e. The van der Waals surface area contributed by atoms with Gasteiger partial charge in [0.2, 0.25) is 0 Å². The Morgan fingerprint density at radius 2 is 2.00 bits per heavy atom. The maximum Gasteiger partial charge on any atom is 0.0641 e. The van der Waals surface area contributed by atoms with Gasteiger partial charge in [-0.25, -0.2) is 0 Å². The summed E-state index contributed by atoms with van der Waals surface area (Å²) in [5.74, 6) is 1.79. The van der Waals surface area contributed by atoms with E-state index in [0.717, 1.165) is 44.5 Å². The predicted molar refractivity (Wildman–Crippen MR) is 102 cm³/mol. The second kappa shape index (κ2) is 7.49. The van der Waals surface area contributed by atoms with Crippen LogP contribution in [0.4, 0.5) is 0 Å². The van der Waals surface area contributed by atoms with Crippen LogP contribution >= 0.6 is 0 Å². The van der Waals surface area contributed by atoms with E-state index in [9.17, 15) is 0 Å². The van der Waals surface area contributed by atoms with Gasteiger partial charge in [-0.05, 0) is 44.7 Å². The van der Waals surface area contributed by atoms with Crippen molar-refractivity contribution in [2.45, 2.75) is 39.2 Å². The molecule has 5 heteroatoms. The molecule has 0 bridgehead atoms. The summed E-state index contributed by atoms with van der Waals surface area (Å²) >= 11 is 0. The minimum Gasteiger partial charge on any atom is -0.381 e. The van der Waals surface area contributed by atoms with Gasteiger partial charge in [-0.1, -0.05) is 6.07 Å². The SMILES string of the molecule is Cc1nn(C)c(C)c1CN1CC(COCC2CC2)C(c2ccccn2)C1. The lowest BCUT2D eigenvalue weighted by molar-refractivity contribution is 0.0884. The van der Waals surface area contributed by atoms with Crippen molar-refractivity contribution in [2.75, 3.05) is 26.3 Å². The largest absolute Gasteiger partial charge is 0.381 e. The molecule has 5 nitrogen and oxygen atoms in total. The fourth-order valence-electron chi connectivity index (χ4n) is 4.13. The van der Waals surface area contributed by atoms with E-state index in [1.165, 1.54) is 29.8 Å². The zero-order chi connectivity index (χ0) is 18.1. The van der Waals surface area contributed by atoms with Gasteiger partial charge in [-0.2, -0.15) is 5.10 Å². The van der Waals surface area contributed by atoms with Crippen LogP contribution in [0.15, 0.2) is 24.4 Å². The summed E-state index contributed by atoms with van der Waals surface area (Å²) in [5, 5.41) is 4.58. The Balaban J connectivity index is 1.46. The number of nitrogens with zero attached hydrogens (tertiary/aromatic N) is 4. The van der Waals surface area contributed by atoms with Crippen LogP contribution < -0.4 is 0 Å². The number of aromatic nitrogens is 3. The maximum absolute atomic E-state index is 6.07. The first-order valence-corrected chi connectivity index (χ1v) is 9.82. The van der Waals surface area contributed by atoms with Crippen LogP contribution in [0.3, 0.4) is 0 Å². The number of likely N-dealkylation sites (tertiary alicyclic amines) is 1. The van der Waals surface area contributed by atoms with Gasteiger partial charge in [0, 0.05) is 68.3 Å². The van der Waals surface area contributed by atoms with Gasteiger partial charge < -0.3 is 4.74 Å². The first-order chi connectivity index (χ1) is 12.6. The van der Waals surface area contributed by atoms with E-state index in [-0.39, 0.29) is 0 Å². The topological polar surface area (TPSA) is 43.2 Å². The highest BCUT2D eigenvalue weighted by molar-refractivity contribution is 5.25. The summed E-state index contributed by atoms with van der Waals surface area (Å²) in [4.78, 5) is 7.21. The van der Waals surface area contributed by atoms with Gasteiger partial charge in [0.05, 0.1) is 12.3 Å². The number of hydrogen-bond acceptors (Lipinski definition) is 4. The fraction of sp³-hybridized carbons (Fsp3) is 0.619. The van der Waals surface area contributed by atoms with Crippen molar-refractivity contribution in [1.29, 1.82) is 0 Å². The average Bonchev–Trinajstić information content (AvgIpc) is 3.33. The minimum absolute atomic E-state index is 0.452. The van der Waals surface area contributed by atoms with Crippen LogP contribution in [0.25, 0.3) is 0 Å². The van der Waals surface area contributed by atoms with Crippen LogP contribution in [0.5, 0.6) is 0 Å². The lowest BCUT2D eigenvalue weighted by Gasteiger charge is -2.17. The van der Waals surface area contributed by atoms with Crippen LogP contribution in [0.2, 0.25) is 0 Å². The molecule has 140 valence electrons. The summed E-state index contributed by atoms with van der Waals surface area (Å²) in [7, 11) is 2.03. The summed E-state index contributed by atoms with van der Waals surface area (Å²) < 4.78 is 8.07. The molecule has 2 fully saturated rings. The third-order valence-corrected chi connectivity index (χ3v) is 6.01. The molecule has 1 aliphatic heterocycles. The number of pyridine rings is 1. The van der Waals surface area contributed by atoms with Gasteiger partial charge >= 0.3 is 0 Å². The Labute approximate surface area is 156 Å². The second-order valence-electron chi connectivity index (χ2n) is 8.07. The maximum atomic E-state index is 6.07. The molecule has 1 saturated carbocycles. The molecule has 2 atom stereocenters. The van der Waals surface area contributed by atoms with E-state index in [4.69, 9.17) is 4.74 Å². The highest BCUT2D eigenvalue weighted by Gasteiger charge is 2.35. The second-order valence-corrected chi connectivity index (χ2v) is 8.07.